The average molecular weight is 452 g/mol. The molecule has 0 bridgehead atoms. The maximum atomic E-state index is 13.1. The first-order chi connectivity index (χ1) is 16.1. The van der Waals surface area contributed by atoms with Crippen molar-refractivity contribution >= 4 is 45.5 Å². The summed E-state index contributed by atoms with van der Waals surface area (Å²) in [6.45, 7) is 6.22. The number of rotatable bonds is 5. The lowest BCUT2D eigenvalue weighted by Crippen LogP contribution is -2.29. The molecule has 1 aromatic heterocycles. The van der Waals surface area contributed by atoms with E-state index in [-0.39, 0.29) is 5.91 Å². The van der Waals surface area contributed by atoms with Crippen LogP contribution in [-0.4, -0.2) is 27.7 Å². The van der Waals surface area contributed by atoms with Gasteiger partial charge in [0, 0.05) is 12.1 Å². The normalized spacial score (nSPS) is 16.3. The fourth-order valence-corrected chi connectivity index (χ4v) is 4.62. The standard InChI is InChI=1S/C27H21N3O2S/c1-3-15-30-26(31)24(33-27(30)28-21-12-9-18(2)10-13-21)17-19-11-14-23-22(16-19)25(32-29-23)20-7-5-4-6-8-20/h3-14,16-17H,1,15H2,2H3. The maximum absolute atomic E-state index is 13.1. The van der Waals surface area contributed by atoms with Crippen LogP contribution in [-0.2, 0) is 4.79 Å². The van der Waals surface area contributed by atoms with Crippen molar-refractivity contribution in [3.63, 3.8) is 0 Å². The molecule has 33 heavy (non-hydrogen) atoms. The number of hydrogen-bond acceptors (Lipinski definition) is 5. The summed E-state index contributed by atoms with van der Waals surface area (Å²) in [4.78, 5) is 20.1. The van der Waals surface area contributed by atoms with E-state index in [1.165, 1.54) is 11.8 Å². The van der Waals surface area contributed by atoms with Gasteiger partial charge in [0.1, 0.15) is 5.52 Å². The lowest BCUT2D eigenvalue weighted by atomic mass is 10.1. The Bertz CT molecular complexity index is 1400. The first-order valence-electron chi connectivity index (χ1n) is 10.5. The third-order valence-electron chi connectivity index (χ3n) is 5.29. The van der Waals surface area contributed by atoms with Gasteiger partial charge in [0.05, 0.1) is 16.0 Å². The van der Waals surface area contributed by atoms with E-state index in [2.05, 4.69) is 11.7 Å². The zero-order valence-electron chi connectivity index (χ0n) is 18.1. The van der Waals surface area contributed by atoms with Gasteiger partial charge in [-0.05, 0) is 54.6 Å². The SMILES string of the molecule is C=CCN1C(=O)C(=Cc2ccc3noc(-c4ccccc4)c3c2)SC1=Nc1ccc(C)cc1. The Kier molecular flexibility index (Phi) is 5.67. The second kappa shape index (κ2) is 8.92. The average Bonchev–Trinajstić information content (AvgIpc) is 3.38. The molecule has 0 radical (unpaired) electrons. The van der Waals surface area contributed by atoms with E-state index >= 15 is 0 Å². The summed E-state index contributed by atoms with van der Waals surface area (Å²) >= 11 is 1.37. The molecule has 0 unspecified atom stereocenters. The number of aromatic nitrogens is 1. The molecular formula is C27H21N3O2S. The van der Waals surface area contributed by atoms with E-state index in [0.29, 0.717) is 22.4 Å². The van der Waals surface area contributed by atoms with Gasteiger partial charge in [0.2, 0.25) is 0 Å². The van der Waals surface area contributed by atoms with Crippen LogP contribution in [0.5, 0.6) is 0 Å². The van der Waals surface area contributed by atoms with Gasteiger partial charge < -0.3 is 4.52 Å². The molecule has 6 heteroatoms. The van der Waals surface area contributed by atoms with Gasteiger partial charge in [-0.15, -0.1) is 6.58 Å². The quantitative estimate of drug-likeness (QED) is 0.254. The van der Waals surface area contributed by atoms with Gasteiger partial charge in [-0.1, -0.05) is 65.3 Å². The molecule has 0 aliphatic carbocycles. The Hall–Kier alpha value is -3.90. The molecule has 1 saturated heterocycles. The van der Waals surface area contributed by atoms with Gasteiger partial charge >= 0.3 is 0 Å². The number of amidine groups is 1. The minimum Gasteiger partial charge on any atom is -0.355 e. The largest absolute Gasteiger partial charge is 0.355 e. The van der Waals surface area contributed by atoms with E-state index in [1.54, 1.807) is 11.0 Å². The third kappa shape index (κ3) is 4.25. The molecule has 0 atom stereocenters. The molecule has 1 amide bonds. The molecule has 5 rings (SSSR count). The number of thioether (sulfide) groups is 1. The zero-order chi connectivity index (χ0) is 22.8. The Morgan fingerprint density at radius 1 is 1.09 bits per heavy atom. The van der Waals surface area contributed by atoms with Crippen LogP contribution in [0.15, 0.2) is 99.9 Å². The Morgan fingerprint density at radius 2 is 1.88 bits per heavy atom. The van der Waals surface area contributed by atoms with Crippen molar-refractivity contribution in [1.82, 2.24) is 10.1 Å². The van der Waals surface area contributed by atoms with Crippen molar-refractivity contribution in [2.24, 2.45) is 4.99 Å². The van der Waals surface area contributed by atoms with Crippen LogP contribution < -0.4 is 0 Å². The summed E-state index contributed by atoms with van der Waals surface area (Å²) in [5, 5.41) is 5.73. The number of nitrogens with zero attached hydrogens (tertiary/aromatic N) is 3. The number of aliphatic imine (C=N–C) groups is 1. The summed E-state index contributed by atoms with van der Waals surface area (Å²) in [5.74, 6) is 0.630. The molecule has 5 nitrogen and oxygen atoms in total. The van der Waals surface area contributed by atoms with Gasteiger partial charge in [-0.2, -0.15) is 0 Å². The lowest BCUT2D eigenvalue weighted by Gasteiger charge is -2.12. The molecule has 0 saturated carbocycles. The first kappa shape index (κ1) is 21.0. The fraction of sp³-hybridized carbons (Fsp3) is 0.0741. The predicted molar refractivity (Wildman–Crippen MR) is 135 cm³/mol. The van der Waals surface area contributed by atoms with Crippen LogP contribution >= 0.6 is 11.8 Å². The fourth-order valence-electron chi connectivity index (χ4n) is 3.61. The van der Waals surface area contributed by atoms with Crippen molar-refractivity contribution < 1.29 is 9.32 Å². The number of carbonyl (C=O) groups is 1. The second-order valence-corrected chi connectivity index (χ2v) is 8.71. The molecule has 1 aliphatic heterocycles. The number of aryl methyl sites for hydroxylation is 1. The molecule has 1 fully saturated rings. The number of benzene rings is 3. The molecule has 162 valence electrons. The van der Waals surface area contributed by atoms with Crippen LogP contribution in [0, 0.1) is 6.92 Å². The number of fused-ring (bicyclic) bond motifs is 1. The Balaban J connectivity index is 1.51. The van der Waals surface area contributed by atoms with Crippen molar-refractivity contribution in [1.29, 1.82) is 0 Å². The Labute approximate surface area is 196 Å². The van der Waals surface area contributed by atoms with Crippen LogP contribution in [0.3, 0.4) is 0 Å². The minimum absolute atomic E-state index is 0.0838. The Morgan fingerprint density at radius 3 is 2.64 bits per heavy atom. The van der Waals surface area contributed by atoms with E-state index in [0.717, 1.165) is 33.3 Å². The van der Waals surface area contributed by atoms with E-state index < -0.39 is 0 Å². The zero-order valence-corrected chi connectivity index (χ0v) is 18.9. The highest BCUT2D eigenvalue weighted by Crippen LogP contribution is 2.35. The van der Waals surface area contributed by atoms with E-state index in [1.807, 2.05) is 85.8 Å². The van der Waals surface area contributed by atoms with Gasteiger partial charge in [-0.25, -0.2) is 4.99 Å². The summed E-state index contributed by atoms with van der Waals surface area (Å²) < 4.78 is 5.61. The van der Waals surface area contributed by atoms with Gasteiger partial charge in [-0.3, -0.25) is 9.69 Å². The smallest absolute Gasteiger partial charge is 0.267 e. The summed E-state index contributed by atoms with van der Waals surface area (Å²) in [6, 6.07) is 23.6. The van der Waals surface area contributed by atoms with E-state index in [9.17, 15) is 4.79 Å². The van der Waals surface area contributed by atoms with Crippen LogP contribution in [0.2, 0.25) is 0 Å². The number of amides is 1. The van der Waals surface area contributed by atoms with Crippen molar-refractivity contribution in [3.05, 3.63) is 101 Å². The molecule has 0 N–H and O–H groups in total. The van der Waals surface area contributed by atoms with E-state index in [4.69, 9.17) is 9.52 Å². The summed E-state index contributed by atoms with van der Waals surface area (Å²) in [6.07, 6.45) is 3.60. The highest BCUT2D eigenvalue weighted by atomic mass is 32.2. The first-order valence-corrected chi connectivity index (χ1v) is 11.4. The molecule has 2 heterocycles. The number of hydrogen-bond donors (Lipinski definition) is 0. The van der Waals surface area contributed by atoms with Crippen molar-refractivity contribution in [3.8, 4) is 11.3 Å². The third-order valence-corrected chi connectivity index (χ3v) is 6.30. The highest BCUT2D eigenvalue weighted by molar-refractivity contribution is 8.18. The maximum Gasteiger partial charge on any atom is 0.267 e. The summed E-state index contributed by atoms with van der Waals surface area (Å²) in [5.41, 5.74) is 4.60. The van der Waals surface area contributed by atoms with Gasteiger partial charge in [0.15, 0.2) is 10.9 Å². The monoisotopic (exact) mass is 451 g/mol. The predicted octanol–water partition coefficient (Wildman–Crippen LogP) is 6.59. The number of carbonyl (C=O) groups excluding carboxylic acids is 1. The molecule has 0 spiro atoms. The molecule has 4 aromatic rings. The summed E-state index contributed by atoms with van der Waals surface area (Å²) in [7, 11) is 0. The topological polar surface area (TPSA) is 58.7 Å². The van der Waals surface area contributed by atoms with Crippen molar-refractivity contribution in [2.45, 2.75) is 6.92 Å². The van der Waals surface area contributed by atoms with Crippen LogP contribution in [0.25, 0.3) is 28.3 Å². The highest BCUT2D eigenvalue weighted by Gasteiger charge is 2.32. The molecular weight excluding hydrogens is 430 g/mol. The van der Waals surface area contributed by atoms with Gasteiger partial charge in [0.25, 0.3) is 5.91 Å². The van der Waals surface area contributed by atoms with Crippen LogP contribution in [0.1, 0.15) is 11.1 Å². The second-order valence-electron chi connectivity index (χ2n) is 7.70. The van der Waals surface area contributed by atoms with Crippen molar-refractivity contribution in [2.75, 3.05) is 6.54 Å². The lowest BCUT2D eigenvalue weighted by molar-refractivity contribution is -0.121. The van der Waals surface area contributed by atoms with Crippen LogP contribution in [0.4, 0.5) is 5.69 Å². The minimum atomic E-state index is -0.0838. The molecule has 1 aliphatic rings. The molecule has 3 aromatic carbocycles.